The molecule has 0 N–H and O–H groups in total. The second-order valence-corrected chi connectivity index (χ2v) is 7.31. The first kappa shape index (κ1) is 16.1. The van der Waals surface area contributed by atoms with E-state index in [0.717, 1.165) is 39.3 Å². The van der Waals surface area contributed by atoms with Crippen LogP contribution in [-0.2, 0) is 7.05 Å². The molecule has 2 heterocycles. The van der Waals surface area contributed by atoms with Crippen molar-refractivity contribution >= 4 is 32.6 Å². The first-order valence-corrected chi connectivity index (χ1v) is 9.73. The molecular formula is C26H18N2O. The van der Waals surface area contributed by atoms with E-state index in [0.29, 0.717) is 0 Å². The fourth-order valence-electron chi connectivity index (χ4n) is 4.28. The molecule has 6 aromatic rings. The summed E-state index contributed by atoms with van der Waals surface area (Å²) >= 11 is 0. The minimum absolute atomic E-state index is 0.774. The zero-order valence-corrected chi connectivity index (χ0v) is 16.0. The average molecular weight is 374 g/mol. The smallest absolute Gasteiger partial charge is 0.177 e. The van der Waals surface area contributed by atoms with Crippen LogP contribution in [0.25, 0.3) is 55.5 Å². The molecule has 0 bridgehead atoms. The molecule has 0 saturated carbocycles. The largest absolute Gasteiger partial charge is 0.453 e. The van der Waals surface area contributed by atoms with Crippen molar-refractivity contribution in [3.05, 3.63) is 91.0 Å². The van der Waals surface area contributed by atoms with Crippen molar-refractivity contribution in [3.63, 3.8) is 0 Å². The summed E-state index contributed by atoms with van der Waals surface area (Å²) < 4.78 is 8.36. The maximum absolute atomic E-state index is 6.21. The number of hydrogen-bond acceptors (Lipinski definition) is 2. The maximum atomic E-state index is 6.21. The van der Waals surface area contributed by atoms with Crippen molar-refractivity contribution in [1.29, 1.82) is 0 Å². The standard InChI is InChI=1S/C26H18N2O/c1-28-25-21-14-8-6-12-19(21)18-11-5-7-13-20(18)24(25)27-26(28)23-16-15-22(29-23)17-9-3-2-4-10-17/h2-16H,1H3. The van der Waals surface area contributed by atoms with Crippen LogP contribution in [-0.4, -0.2) is 9.55 Å². The molecule has 3 heteroatoms. The summed E-state index contributed by atoms with van der Waals surface area (Å²) in [4.78, 5) is 5.04. The first-order valence-electron chi connectivity index (χ1n) is 9.73. The van der Waals surface area contributed by atoms with E-state index in [1.807, 2.05) is 30.3 Å². The van der Waals surface area contributed by atoms with Gasteiger partial charge in [-0.3, -0.25) is 0 Å². The lowest BCUT2D eigenvalue weighted by Crippen LogP contribution is -1.92. The Morgan fingerprint density at radius 1 is 0.621 bits per heavy atom. The molecule has 29 heavy (non-hydrogen) atoms. The Balaban J connectivity index is 1.66. The highest BCUT2D eigenvalue weighted by atomic mass is 16.3. The number of rotatable bonds is 2. The molecule has 0 amide bonds. The fraction of sp³-hybridized carbons (Fsp3) is 0.0385. The van der Waals surface area contributed by atoms with E-state index in [1.54, 1.807) is 0 Å². The molecule has 2 aromatic heterocycles. The molecule has 0 aliphatic heterocycles. The van der Waals surface area contributed by atoms with Gasteiger partial charge in [0.05, 0.1) is 11.0 Å². The maximum Gasteiger partial charge on any atom is 0.177 e. The second kappa shape index (κ2) is 6.08. The minimum atomic E-state index is 0.774. The predicted octanol–water partition coefficient (Wildman–Crippen LogP) is 6.81. The Hall–Kier alpha value is -3.85. The van der Waals surface area contributed by atoms with Crippen LogP contribution < -0.4 is 0 Å². The van der Waals surface area contributed by atoms with E-state index in [4.69, 9.17) is 9.40 Å². The van der Waals surface area contributed by atoms with E-state index in [1.165, 1.54) is 16.2 Å². The third-order valence-corrected chi connectivity index (χ3v) is 5.63. The van der Waals surface area contributed by atoms with Gasteiger partial charge in [0.2, 0.25) is 0 Å². The van der Waals surface area contributed by atoms with Crippen molar-refractivity contribution in [3.8, 4) is 22.9 Å². The number of aromatic nitrogens is 2. The summed E-state index contributed by atoms with van der Waals surface area (Å²) in [6, 6.07) is 31.2. The van der Waals surface area contributed by atoms with Crippen LogP contribution >= 0.6 is 0 Å². The highest BCUT2D eigenvalue weighted by Gasteiger charge is 2.18. The number of nitrogens with zero attached hydrogens (tertiary/aromatic N) is 2. The normalized spacial score (nSPS) is 11.6. The lowest BCUT2D eigenvalue weighted by Gasteiger charge is -2.07. The van der Waals surface area contributed by atoms with Gasteiger partial charge in [-0.1, -0.05) is 78.9 Å². The SMILES string of the molecule is Cn1c(-c2ccc(-c3ccccc3)o2)nc2c3ccccc3c3ccccc3c21. The van der Waals surface area contributed by atoms with Crippen LogP contribution in [0, 0.1) is 0 Å². The number of furan rings is 1. The number of benzene rings is 4. The molecule has 3 nitrogen and oxygen atoms in total. The Kier molecular flexibility index (Phi) is 3.38. The van der Waals surface area contributed by atoms with Crippen molar-refractivity contribution in [2.24, 2.45) is 7.05 Å². The highest BCUT2D eigenvalue weighted by molar-refractivity contribution is 6.23. The van der Waals surface area contributed by atoms with Gasteiger partial charge in [0.1, 0.15) is 5.76 Å². The zero-order valence-electron chi connectivity index (χ0n) is 16.0. The lowest BCUT2D eigenvalue weighted by atomic mass is 10.00. The van der Waals surface area contributed by atoms with Gasteiger partial charge in [-0.2, -0.15) is 0 Å². The van der Waals surface area contributed by atoms with Gasteiger partial charge in [0, 0.05) is 23.4 Å². The van der Waals surface area contributed by atoms with Gasteiger partial charge in [0.25, 0.3) is 0 Å². The average Bonchev–Trinajstić information content (AvgIpc) is 3.40. The Labute approximate surface area is 167 Å². The Morgan fingerprint density at radius 3 is 1.97 bits per heavy atom. The quantitative estimate of drug-likeness (QED) is 0.312. The van der Waals surface area contributed by atoms with Crippen molar-refractivity contribution in [2.75, 3.05) is 0 Å². The van der Waals surface area contributed by atoms with Gasteiger partial charge in [-0.25, -0.2) is 4.98 Å². The van der Waals surface area contributed by atoms with Gasteiger partial charge < -0.3 is 8.98 Å². The minimum Gasteiger partial charge on any atom is -0.453 e. The van der Waals surface area contributed by atoms with Crippen LogP contribution in [0.15, 0.2) is 95.4 Å². The van der Waals surface area contributed by atoms with E-state index in [9.17, 15) is 0 Å². The Morgan fingerprint density at radius 2 is 1.21 bits per heavy atom. The molecule has 0 atom stereocenters. The van der Waals surface area contributed by atoms with Crippen LogP contribution in [0.3, 0.4) is 0 Å². The summed E-state index contributed by atoms with van der Waals surface area (Å²) in [6.45, 7) is 0. The topological polar surface area (TPSA) is 31.0 Å². The van der Waals surface area contributed by atoms with Crippen LogP contribution in [0.2, 0.25) is 0 Å². The third-order valence-electron chi connectivity index (χ3n) is 5.63. The summed E-state index contributed by atoms with van der Waals surface area (Å²) in [5.41, 5.74) is 3.20. The van der Waals surface area contributed by atoms with Crippen molar-refractivity contribution in [2.45, 2.75) is 0 Å². The summed E-state index contributed by atoms with van der Waals surface area (Å²) in [7, 11) is 2.07. The van der Waals surface area contributed by atoms with Gasteiger partial charge in [-0.15, -0.1) is 0 Å². The number of hydrogen-bond donors (Lipinski definition) is 0. The lowest BCUT2D eigenvalue weighted by molar-refractivity contribution is 0.589. The first-order chi connectivity index (χ1) is 14.3. The molecule has 0 radical (unpaired) electrons. The molecule has 0 saturated heterocycles. The predicted molar refractivity (Wildman–Crippen MR) is 119 cm³/mol. The van der Waals surface area contributed by atoms with Crippen LogP contribution in [0.4, 0.5) is 0 Å². The zero-order chi connectivity index (χ0) is 19.4. The number of imidazole rings is 1. The molecule has 0 fully saturated rings. The van der Waals surface area contributed by atoms with E-state index in [2.05, 4.69) is 72.3 Å². The van der Waals surface area contributed by atoms with Crippen LogP contribution in [0.5, 0.6) is 0 Å². The summed E-state index contributed by atoms with van der Waals surface area (Å²) in [5, 5.41) is 4.84. The molecular weight excluding hydrogens is 356 g/mol. The molecule has 0 aliphatic rings. The highest BCUT2D eigenvalue weighted by Crippen LogP contribution is 2.37. The van der Waals surface area contributed by atoms with Gasteiger partial charge in [0.15, 0.2) is 11.6 Å². The van der Waals surface area contributed by atoms with Crippen molar-refractivity contribution < 1.29 is 4.42 Å². The molecule has 0 spiro atoms. The van der Waals surface area contributed by atoms with Gasteiger partial charge in [-0.05, 0) is 22.9 Å². The van der Waals surface area contributed by atoms with Crippen LogP contribution in [0.1, 0.15) is 0 Å². The number of fused-ring (bicyclic) bond motifs is 6. The second-order valence-electron chi connectivity index (χ2n) is 7.31. The molecule has 0 aliphatic carbocycles. The summed E-state index contributed by atoms with van der Waals surface area (Å²) in [6.07, 6.45) is 0. The van der Waals surface area contributed by atoms with E-state index >= 15 is 0 Å². The Bertz CT molecular complexity index is 1510. The fourth-order valence-corrected chi connectivity index (χ4v) is 4.28. The van der Waals surface area contributed by atoms with E-state index < -0.39 is 0 Å². The van der Waals surface area contributed by atoms with Crippen molar-refractivity contribution in [1.82, 2.24) is 9.55 Å². The van der Waals surface area contributed by atoms with E-state index in [-0.39, 0.29) is 0 Å². The van der Waals surface area contributed by atoms with Gasteiger partial charge >= 0.3 is 0 Å². The molecule has 6 rings (SSSR count). The molecule has 0 unspecified atom stereocenters. The third kappa shape index (κ3) is 2.34. The molecule has 138 valence electrons. The summed E-state index contributed by atoms with van der Waals surface area (Å²) in [5.74, 6) is 2.46. The number of aryl methyl sites for hydroxylation is 1. The molecule has 4 aromatic carbocycles. The monoisotopic (exact) mass is 374 g/mol.